The van der Waals surface area contributed by atoms with Crippen molar-refractivity contribution in [2.45, 2.75) is 13.3 Å². The van der Waals surface area contributed by atoms with Crippen molar-refractivity contribution in [1.29, 1.82) is 0 Å². The van der Waals surface area contributed by atoms with Crippen LogP contribution in [0.15, 0.2) is 41.1 Å². The van der Waals surface area contributed by atoms with Gasteiger partial charge in [0.05, 0.1) is 5.56 Å². The van der Waals surface area contributed by atoms with Crippen molar-refractivity contribution >= 4 is 28.6 Å². The van der Waals surface area contributed by atoms with Gasteiger partial charge < -0.3 is 10.6 Å². The van der Waals surface area contributed by atoms with Gasteiger partial charge in [0.2, 0.25) is 0 Å². The number of anilines is 2. The fourth-order valence-electron chi connectivity index (χ4n) is 1.77. The highest BCUT2D eigenvalue weighted by Gasteiger charge is 2.16. The molecule has 0 unspecified atom stereocenters. The molecule has 0 spiro atoms. The zero-order valence-corrected chi connectivity index (χ0v) is 11.1. The van der Waals surface area contributed by atoms with Crippen LogP contribution < -0.4 is 10.6 Å². The summed E-state index contributed by atoms with van der Waals surface area (Å²) in [4.78, 5) is 14.2. The molecular formula is C14H16N2OS. The second kappa shape index (κ2) is 5.69. The van der Waals surface area contributed by atoms with Crippen molar-refractivity contribution in [3.05, 3.63) is 46.7 Å². The van der Waals surface area contributed by atoms with Gasteiger partial charge in [0.25, 0.3) is 5.91 Å². The van der Waals surface area contributed by atoms with Crippen LogP contribution in [0.3, 0.4) is 0 Å². The van der Waals surface area contributed by atoms with Crippen LogP contribution in [0.2, 0.25) is 0 Å². The molecule has 0 aliphatic heterocycles. The lowest BCUT2D eigenvalue weighted by atomic mass is 10.2. The summed E-state index contributed by atoms with van der Waals surface area (Å²) >= 11 is 1.53. The Balaban J connectivity index is 2.28. The van der Waals surface area contributed by atoms with Crippen LogP contribution in [0, 0.1) is 0 Å². The van der Waals surface area contributed by atoms with Crippen LogP contribution in [-0.2, 0) is 0 Å². The molecule has 0 radical (unpaired) electrons. The minimum atomic E-state index is 0.0443. The standard InChI is InChI=1S/C14H16N2OS/c1-2-8-16(13-5-3-12(15)4-6-13)14(17)11-7-9-18-10-11/h3-7,9-10H,2,8,15H2,1H3. The summed E-state index contributed by atoms with van der Waals surface area (Å²) in [6, 6.07) is 9.26. The zero-order chi connectivity index (χ0) is 13.0. The molecule has 0 aliphatic carbocycles. The number of hydrogen-bond acceptors (Lipinski definition) is 3. The van der Waals surface area contributed by atoms with Crippen LogP contribution in [0.1, 0.15) is 23.7 Å². The number of nitrogens with two attached hydrogens (primary N) is 1. The first-order valence-corrected chi connectivity index (χ1v) is 6.86. The Morgan fingerprint density at radius 2 is 2.00 bits per heavy atom. The summed E-state index contributed by atoms with van der Waals surface area (Å²) < 4.78 is 0. The molecule has 0 atom stereocenters. The smallest absolute Gasteiger partial charge is 0.259 e. The Morgan fingerprint density at radius 1 is 1.28 bits per heavy atom. The monoisotopic (exact) mass is 260 g/mol. The molecule has 0 bridgehead atoms. The minimum absolute atomic E-state index is 0.0443. The van der Waals surface area contributed by atoms with Crippen LogP contribution >= 0.6 is 11.3 Å². The predicted octanol–water partition coefficient (Wildman–Crippen LogP) is 3.39. The summed E-state index contributed by atoms with van der Waals surface area (Å²) in [5, 5.41) is 3.79. The maximum atomic E-state index is 12.4. The Morgan fingerprint density at radius 3 is 2.56 bits per heavy atom. The van der Waals surface area contributed by atoms with E-state index in [1.165, 1.54) is 11.3 Å². The van der Waals surface area contributed by atoms with Crippen molar-refractivity contribution in [3.63, 3.8) is 0 Å². The lowest BCUT2D eigenvalue weighted by Gasteiger charge is -2.22. The first kappa shape index (κ1) is 12.6. The third-order valence-electron chi connectivity index (χ3n) is 2.67. The van der Waals surface area contributed by atoms with Crippen molar-refractivity contribution in [2.24, 2.45) is 0 Å². The number of amides is 1. The molecule has 0 saturated heterocycles. The molecule has 94 valence electrons. The van der Waals surface area contributed by atoms with Gasteiger partial charge in [0.1, 0.15) is 0 Å². The lowest BCUT2D eigenvalue weighted by molar-refractivity contribution is 0.0987. The van der Waals surface area contributed by atoms with Gasteiger partial charge in [-0.15, -0.1) is 0 Å². The van der Waals surface area contributed by atoms with Crippen molar-refractivity contribution in [1.82, 2.24) is 0 Å². The lowest BCUT2D eigenvalue weighted by Crippen LogP contribution is -2.31. The van der Waals surface area contributed by atoms with E-state index in [2.05, 4.69) is 6.92 Å². The van der Waals surface area contributed by atoms with Crippen LogP contribution in [0.25, 0.3) is 0 Å². The second-order valence-electron chi connectivity index (χ2n) is 4.06. The maximum Gasteiger partial charge on any atom is 0.259 e. The summed E-state index contributed by atoms with van der Waals surface area (Å²) in [7, 11) is 0. The molecule has 4 heteroatoms. The number of hydrogen-bond donors (Lipinski definition) is 1. The fraction of sp³-hybridized carbons (Fsp3) is 0.214. The van der Waals surface area contributed by atoms with Crippen LogP contribution in [0.4, 0.5) is 11.4 Å². The highest BCUT2D eigenvalue weighted by Crippen LogP contribution is 2.20. The molecule has 0 fully saturated rings. The van der Waals surface area contributed by atoms with E-state index in [1.807, 2.05) is 41.1 Å². The van der Waals surface area contributed by atoms with E-state index in [9.17, 15) is 4.79 Å². The van der Waals surface area contributed by atoms with Crippen LogP contribution in [-0.4, -0.2) is 12.5 Å². The van der Waals surface area contributed by atoms with Gasteiger partial charge in [0.15, 0.2) is 0 Å². The number of benzene rings is 1. The van der Waals surface area contributed by atoms with E-state index in [0.717, 1.165) is 17.7 Å². The largest absolute Gasteiger partial charge is 0.399 e. The number of nitrogens with zero attached hydrogens (tertiary/aromatic N) is 1. The molecule has 18 heavy (non-hydrogen) atoms. The average molecular weight is 260 g/mol. The summed E-state index contributed by atoms with van der Waals surface area (Å²) in [6.45, 7) is 2.77. The summed E-state index contributed by atoms with van der Waals surface area (Å²) in [5.74, 6) is 0.0443. The van der Waals surface area contributed by atoms with Crippen molar-refractivity contribution in [3.8, 4) is 0 Å². The molecule has 0 aliphatic rings. The average Bonchev–Trinajstić information content (AvgIpc) is 2.90. The molecule has 2 N–H and O–H groups in total. The summed E-state index contributed by atoms with van der Waals surface area (Å²) in [5.41, 5.74) is 8.01. The number of carbonyl (C=O) groups excluding carboxylic acids is 1. The first-order valence-electron chi connectivity index (χ1n) is 5.92. The van der Waals surface area contributed by atoms with E-state index in [4.69, 9.17) is 5.73 Å². The highest BCUT2D eigenvalue weighted by atomic mass is 32.1. The molecule has 1 heterocycles. The Hall–Kier alpha value is -1.81. The maximum absolute atomic E-state index is 12.4. The first-order chi connectivity index (χ1) is 8.72. The molecule has 3 nitrogen and oxygen atoms in total. The fourth-order valence-corrected chi connectivity index (χ4v) is 2.40. The van der Waals surface area contributed by atoms with Crippen LogP contribution in [0.5, 0.6) is 0 Å². The van der Waals surface area contributed by atoms with Gasteiger partial charge in [-0.2, -0.15) is 11.3 Å². The molecule has 1 amide bonds. The molecule has 1 aromatic heterocycles. The quantitative estimate of drug-likeness (QED) is 0.856. The number of carbonyl (C=O) groups is 1. The van der Waals surface area contributed by atoms with Gasteiger partial charge in [0, 0.05) is 23.3 Å². The molecular weight excluding hydrogens is 244 g/mol. The SMILES string of the molecule is CCCN(C(=O)c1ccsc1)c1ccc(N)cc1. The third kappa shape index (κ3) is 2.71. The Kier molecular flexibility index (Phi) is 3.99. The number of rotatable bonds is 4. The van der Waals surface area contributed by atoms with E-state index >= 15 is 0 Å². The third-order valence-corrected chi connectivity index (χ3v) is 3.35. The van der Waals surface area contributed by atoms with Gasteiger partial charge in [-0.3, -0.25) is 4.79 Å². The highest BCUT2D eigenvalue weighted by molar-refractivity contribution is 7.08. The van der Waals surface area contributed by atoms with E-state index in [0.29, 0.717) is 12.2 Å². The van der Waals surface area contributed by atoms with Gasteiger partial charge >= 0.3 is 0 Å². The topological polar surface area (TPSA) is 46.3 Å². The van der Waals surface area contributed by atoms with E-state index in [1.54, 1.807) is 4.90 Å². The molecule has 2 rings (SSSR count). The number of thiophene rings is 1. The second-order valence-corrected chi connectivity index (χ2v) is 4.84. The van der Waals surface area contributed by atoms with Crippen molar-refractivity contribution < 1.29 is 4.79 Å². The van der Waals surface area contributed by atoms with Crippen molar-refractivity contribution in [2.75, 3.05) is 17.2 Å². The normalized spacial score (nSPS) is 10.3. The number of nitrogen functional groups attached to an aromatic ring is 1. The van der Waals surface area contributed by atoms with Gasteiger partial charge in [-0.25, -0.2) is 0 Å². The molecule has 2 aromatic rings. The van der Waals surface area contributed by atoms with Gasteiger partial charge in [-0.05, 0) is 42.1 Å². The Bertz CT molecular complexity index is 505. The zero-order valence-electron chi connectivity index (χ0n) is 10.3. The van der Waals surface area contributed by atoms with E-state index in [-0.39, 0.29) is 5.91 Å². The summed E-state index contributed by atoms with van der Waals surface area (Å²) in [6.07, 6.45) is 0.917. The van der Waals surface area contributed by atoms with E-state index < -0.39 is 0 Å². The Labute approximate surface area is 111 Å². The molecule has 1 aromatic carbocycles. The molecule has 0 saturated carbocycles. The predicted molar refractivity (Wildman–Crippen MR) is 77.1 cm³/mol. The van der Waals surface area contributed by atoms with Gasteiger partial charge in [-0.1, -0.05) is 6.92 Å². The minimum Gasteiger partial charge on any atom is -0.399 e.